The third-order valence-corrected chi connectivity index (χ3v) is 3.63. The fraction of sp³-hybridized carbons (Fsp3) is 0.750. The van der Waals surface area contributed by atoms with Crippen LogP contribution in [0.25, 0.3) is 0 Å². The molecule has 0 saturated carbocycles. The van der Waals surface area contributed by atoms with Gasteiger partial charge in [0, 0.05) is 18.6 Å². The van der Waals surface area contributed by atoms with Gasteiger partial charge in [0.25, 0.3) is 0 Å². The van der Waals surface area contributed by atoms with Gasteiger partial charge >= 0.3 is 0 Å². The molecular formula is C12H21N5O. The summed E-state index contributed by atoms with van der Waals surface area (Å²) in [6, 6.07) is -0.152. The van der Waals surface area contributed by atoms with E-state index in [9.17, 15) is 4.79 Å². The lowest BCUT2D eigenvalue weighted by atomic mass is 9.96. The molecule has 1 aromatic heterocycles. The van der Waals surface area contributed by atoms with Gasteiger partial charge in [-0.2, -0.15) is 5.10 Å². The second-order valence-corrected chi connectivity index (χ2v) is 5.01. The summed E-state index contributed by atoms with van der Waals surface area (Å²) >= 11 is 0. The smallest absolute Gasteiger partial charge is 0.247 e. The van der Waals surface area contributed by atoms with Crippen LogP contribution in [0.5, 0.6) is 0 Å². The van der Waals surface area contributed by atoms with Gasteiger partial charge in [-0.15, -0.1) is 0 Å². The molecule has 1 saturated heterocycles. The summed E-state index contributed by atoms with van der Waals surface area (Å²) < 4.78 is 1.59. The van der Waals surface area contributed by atoms with E-state index in [0.29, 0.717) is 0 Å². The molecule has 0 bridgehead atoms. The van der Waals surface area contributed by atoms with Gasteiger partial charge in [0.1, 0.15) is 18.7 Å². The average Bonchev–Trinajstić information content (AvgIpc) is 2.90. The van der Waals surface area contributed by atoms with Crippen LogP contribution in [0.3, 0.4) is 0 Å². The van der Waals surface area contributed by atoms with E-state index >= 15 is 0 Å². The van der Waals surface area contributed by atoms with Crippen LogP contribution < -0.4 is 5.73 Å². The summed E-state index contributed by atoms with van der Waals surface area (Å²) in [6.07, 6.45) is 6.22. The third-order valence-electron chi connectivity index (χ3n) is 3.63. The second kappa shape index (κ2) is 5.48. The minimum Gasteiger partial charge on any atom is -0.336 e. The minimum atomic E-state index is -0.313. The quantitative estimate of drug-likeness (QED) is 0.852. The minimum absolute atomic E-state index is 0.0113. The molecule has 0 spiro atoms. The molecule has 1 aliphatic heterocycles. The van der Waals surface area contributed by atoms with E-state index in [1.165, 1.54) is 6.33 Å². The van der Waals surface area contributed by atoms with E-state index in [1.807, 2.05) is 18.7 Å². The van der Waals surface area contributed by atoms with Crippen LogP contribution in [0.15, 0.2) is 12.7 Å². The molecule has 3 unspecified atom stereocenters. The number of likely N-dealkylation sites (tertiary alicyclic amines) is 1. The number of hydrogen-bond acceptors (Lipinski definition) is 4. The van der Waals surface area contributed by atoms with Crippen LogP contribution in [0.1, 0.15) is 39.2 Å². The number of nitrogens with two attached hydrogens (primary N) is 1. The Morgan fingerprint density at radius 3 is 2.83 bits per heavy atom. The van der Waals surface area contributed by atoms with Crippen LogP contribution >= 0.6 is 0 Å². The monoisotopic (exact) mass is 251 g/mol. The number of nitrogens with zero attached hydrogens (tertiary/aromatic N) is 4. The first-order valence-corrected chi connectivity index (χ1v) is 6.51. The summed E-state index contributed by atoms with van der Waals surface area (Å²) in [5, 5.41) is 4.03. The van der Waals surface area contributed by atoms with Gasteiger partial charge in [0.2, 0.25) is 5.91 Å². The topological polar surface area (TPSA) is 77.0 Å². The molecular weight excluding hydrogens is 230 g/mol. The molecule has 6 nitrogen and oxygen atoms in total. The standard InChI is InChI=1S/C12H21N5O/c1-9(13)11-5-3-4-6-16(11)12(18)10(2)17-8-14-7-15-17/h7-11H,3-6,13H2,1-2H3. The maximum atomic E-state index is 12.5. The summed E-state index contributed by atoms with van der Waals surface area (Å²) in [4.78, 5) is 18.3. The first-order valence-electron chi connectivity index (χ1n) is 6.51. The molecule has 1 fully saturated rings. The SMILES string of the molecule is CC(N)C1CCCCN1C(=O)C(C)n1cncn1. The van der Waals surface area contributed by atoms with E-state index in [1.54, 1.807) is 11.0 Å². The fourth-order valence-corrected chi connectivity index (χ4v) is 2.55. The van der Waals surface area contributed by atoms with Crippen LogP contribution in [-0.4, -0.2) is 44.2 Å². The number of hydrogen-bond donors (Lipinski definition) is 1. The molecule has 6 heteroatoms. The highest BCUT2D eigenvalue weighted by Crippen LogP contribution is 2.22. The van der Waals surface area contributed by atoms with Crippen molar-refractivity contribution in [3.63, 3.8) is 0 Å². The Morgan fingerprint density at radius 2 is 2.22 bits per heavy atom. The van der Waals surface area contributed by atoms with Gasteiger partial charge in [0.15, 0.2) is 0 Å². The van der Waals surface area contributed by atoms with E-state index in [4.69, 9.17) is 5.73 Å². The predicted molar refractivity (Wildman–Crippen MR) is 67.7 cm³/mol. The van der Waals surface area contributed by atoms with Crippen LogP contribution in [0, 0.1) is 0 Å². The summed E-state index contributed by atoms with van der Waals surface area (Å²) in [6.45, 7) is 4.62. The van der Waals surface area contributed by atoms with Crippen molar-refractivity contribution in [2.45, 2.75) is 51.2 Å². The number of carbonyl (C=O) groups is 1. The largest absolute Gasteiger partial charge is 0.336 e. The maximum Gasteiger partial charge on any atom is 0.247 e. The van der Waals surface area contributed by atoms with Crippen molar-refractivity contribution < 1.29 is 4.79 Å². The van der Waals surface area contributed by atoms with Crippen molar-refractivity contribution in [2.24, 2.45) is 5.73 Å². The fourth-order valence-electron chi connectivity index (χ4n) is 2.55. The van der Waals surface area contributed by atoms with Crippen molar-refractivity contribution in [3.05, 3.63) is 12.7 Å². The molecule has 1 amide bonds. The Labute approximate surface area is 107 Å². The Hall–Kier alpha value is -1.43. The lowest BCUT2D eigenvalue weighted by Gasteiger charge is -2.39. The lowest BCUT2D eigenvalue weighted by Crippen LogP contribution is -2.53. The highest BCUT2D eigenvalue weighted by Gasteiger charge is 2.32. The Morgan fingerprint density at radius 1 is 1.44 bits per heavy atom. The van der Waals surface area contributed by atoms with Gasteiger partial charge in [-0.1, -0.05) is 0 Å². The van der Waals surface area contributed by atoms with Gasteiger partial charge in [-0.3, -0.25) is 4.79 Å². The molecule has 18 heavy (non-hydrogen) atoms. The molecule has 0 aliphatic carbocycles. The van der Waals surface area contributed by atoms with E-state index < -0.39 is 0 Å². The van der Waals surface area contributed by atoms with E-state index in [-0.39, 0.29) is 24.0 Å². The molecule has 3 atom stereocenters. The highest BCUT2D eigenvalue weighted by atomic mass is 16.2. The number of aromatic nitrogens is 3. The Kier molecular flexibility index (Phi) is 3.96. The second-order valence-electron chi connectivity index (χ2n) is 5.01. The molecule has 1 aromatic rings. The van der Waals surface area contributed by atoms with Gasteiger partial charge in [-0.25, -0.2) is 9.67 Å². The summed E-state index contributed by atoms with van der Waals surface area (Å²) in [7, 11) is 0. The number of amides is 1. The van der Waals surface area contributed by atoms with Crippen LogP contribution in [-0.2, 0) is 4.79 Å². The molecule has 0 radical (unpaired) electrons. The zero-order chi connectivity index (χ0) is 13.1. The van der Waals surface area contributed by atoms with Crippen LogP contribution in [0.4, 0.5) is 0 Å². The Balaban J connectivity index is 2.11. The Bertz CT molecular complexity index is 389. The van der Waals surface area contributed by atoms with Gasteiger partial charge < -0.3 is 10.6 Å². The van der Waals surface area contributed by atoms with E-state index in [2.05, 4.69) is 10.1 Å². The van der Waals surface area contributed by atoms with Crippen molar-refractivity contribution >= 4 is 5.91 Å². The maximum absolute atomic E-state index is 12.5. The van der Waals surface area contributed by atoms with Crippen molar-refractivity contribution in [1.29, 1.82) is 0 Å². The first kappa shape index (κ1) is 13.0. The number of piperidine rings is 1. The van der Waals surface area contributed by atoms with Crippen LogP contribution in [0.2, 0.25) is 0 Å². The normalized spacial score (nSPS) is 23.7. The van der Waals surface area contributed by atoms with Gasteiger partial charge in [-0.05, 0) is 33.1 Å². The predicted octanol–water partition coefficient (Wildman–Crippen LogP) is 0.567. The molecule has 1 aliphatic rings. The number of rotatable bonds is 3. The number of carbonyl (C=O) groups excluding carboxylic acids is 1. The molecule has 100 valence electrons. The summed E-state index contributed by atoms with van der Waals surface area (Å²) in [5.41, 5.74) is 5.99. The third kappa shape index (κ3) is 2.53. The lowest BCUT2D eigenvalue weighted by molar-refractivity contribution is -0.138. The summed E-state index contributed by atoms with van der Waals surface area (Å²) in [5.74, 6) is 0.0856. The first-order chi connectivity index (χ1) is 8.61. The molecule has 2 rings (SSSR count). The van der Waals surface area contributed by atoms with Crippen molar-refractivity contribution in [3.8, 4) is 0 Å². The van der Waals surface area contributed by atoms with Crippen molar-refractivity contribution in [1.82, 2.24) is 19.7 Å². The van der Waals surface area contributed by atoms with Crippen molar-refractivity contribution in [2.75, 3.05) is 6.54 Å². The average molecular weight is 251 g/mol. The molecule has 2 N–H and O–H groups in total. The molecule has 0 aromatic carbocycles. The van der Waals surface area contributed by atoms with Gasteiger partial charge in [0.05, 0.1) is 0 Å². The zero-order valence-corrected chi connectivity index (χ0v) is 11.0. The van der Waals surface area contributed by atoms with E-state index in [0.717, 1.165) is 25.8 Å². The molecule has 2 heterocycles. The zero-order valence-electron chi connectivity index (χ0n) is 11.0. The highest BCUT2D eigenvalue weighted by molar-refractivity contribution is 5.80.